The number of ether oxygens (including phenoxy) is 2. The standard InChI is InChI=1S/C19H20O2.C4H6O2.C3H4O.C3H6.C2H6O.C2H6/c1-10-8-17(20)11(2)6-15(10)19-13(4)5-14-9-18(21)12(3)7-16(14)19;1-3-4(5)6-2;1-2-3-4;2*1-3-2;1-2/h5-9,19-21H,1-4H3;3H,1H2,2H3;2-3H,1H2;3H,1H2,2H3;1-2H3;1-2H3. The van der Waals surface area contributed by atoms with Crippen molar-refractivity contribution in [3.05, 3.63) is 101 Å². The number of esters is 1. The van der Waals surface area contributed by atoms with Crippen molar-refractivity contribution >= 4 is 18.3 Å². The van der Waals surface area contributed by atoms with Crippen LogP contribution in [0.2, 0.25) is 0 Å². The van der Waals surface area contributed by atoms with Crippen LogP contribution < -0.4 is 0 Å². The number of aryl methyl sites for hydroxylation is 3. The van der Waals surface area contributed by atoms with Gasteiger partial charge in [0.15, 0.2) is 0 Å². The average Bonchev–Trinajstić information content (AvgIpc) is 3.22. The second-order valence-electron chi connectivity index (χ2n) is 8.00. The van der Waals surface area contributed by atoms with Crippen molar-refractivity contribution in [2.45, 2.75) is 54.4 Å². The fourth-order valence-corrected chi connectivity index (χ4v) is 3.31. The first kappa shape index (κ1) is 39.6. The van der Waals surface area contributed by atoms with Crippen molar-refractivity contribution in [2.75, 3.05) is 21.3 Å². The van der Waals surface area contributed by atoms with Gasteiger partial charge in [0.25, 0.3) is 0 Å². The second kappa shape index (κ2) is 23.2. The Morgan fingerprint density at radius 3 is 1.62 bits per heavy atom. The Bertz CT molecular complexity index is 1070. The highest BCUT2D eigenvalue weighted by Crippen LogP contribution is 2.44. The number of phenols is 2. The number of rotatable bonds is 3. The summed E-state index contributed by atoms with van der Waals surface area (Å²) < 4.78 is 8.39. The molecule has 2 aromatic rings. The number of carbonyl (C=O) groups is 2. The number of benzene rings is 2. The van der Waals surface area contributed by atoms with Crippen LogP contribution in [0.15, 0.2) is 67.8 Å². The Morgan fingerprint density at radius 1 is 0.846 bits per heavy atom. The number of hydrogen-bond acceptors (Lipinski definition) is 6. The molecule has 0 bridgehead atoms. The Hall–Kier alpha value is -3.90. The maximum Gasteiger partial charge on any atom is 0.329 e. The molecule has 2 aromatic carbocycles. The maximum absolute atomic E-state index is 9.90. The molecule has 1 unspecified atom stereocenters. The van der Waals surface area contributed by atoms with E-state index in [0.29, 0.717) is 17.8 Å². The summed E-state index contributed by atoms with van der Waals surface area (Å²) in [6.07, 6.45) is 6.83. The summed E-state index contributed by atoms with van der Waals surface area (Å²) in [4.78, 5) is 18.9. The van der Waals surface area contributed by atoms with Crippen molar-refractivity contribution in [3.8, 4) is 11.5 Å². The third-order valence-corrected chi connectivity index (χ3v) is 4.91. The molecule has 6 nitrogen and oxygen atoms in total. The largest absolute Gasteiger partial charge is 0.508 e. The van der Waals surface area contributed by atoms with E-state index in [1.54, 1.807) is 20.3 Å². The molecule has 0 heterocycles. The molecule has 0 radical (unpaired) electrons. The predicted molar refractivity (Wildman–Crippen MR) is 165 cm³/mol. The topological polar surface area (TPSA) is 93.1 Å². The molecule has 1 atom stereocenters. The molecule has 0 saturated heterocycles. The summed E-state index contributed by atoms with van der Waals surface area (Å²) in [5.41, 5.74) is 7.70. The molecule has 0 spiro atoms. The van der Waals surface area contributed by atoms with Gasteiger partial charge in [-0.2, -0.15) is 0 Å². The van der Waals surface area contributed by atoms with Crippen molar-refractivity contribution in [3.63, 3.8) is 0 Å². The van der Waals surface area contributed by atoms with Crippen LogP contribution in [-0.4, -0.2) is 43.8 Å². The van der Waals surface area contributed by atoms with Crippen molar-refractivity contribution < 1.29 is 29.3 Å². The number of hydrogen-bond donors (Lipinski definition) is 2. The van der Waals surface area contributed by atoms with E-state index in [9.17, 15) is 15.0 Å². The van der Waals surface area contributed by atoms with Gasteiger partial charge >= 0.3 is 5.97 Å². The van der Waals surface area contributed by atoms with Crippen molar-refractivity contribution in [1.29, 1.82) is 0 Å². The van der Waals surface area contributed by atoms with Crippen LogP contribution >= 0.6 is 0 Å². The Morgan fingerprint density at radius 2 is 1.26 bits per heavy atom. The monoisotopic (exact) mass is 540 g/mol. The smallest absolute Gasteiger partial charge is 0.329 e. The number of aromatic hydroxyl groups is 2. The van der Waals surface area contributed by atoms with Crippen molar-refractivity contribution in [2.24, 2.45) is 0 Å². The highest BCUT2D eigenvalue weighted by molar-refractivity contribution is 5.80. The van der Waals surface area contributed by atoms with Crippen LogP contribution in [0, 0.1) is 20.8 Å². The van der Waals surface area contributed by atoms with Gasteiger partial charge < -0.3 is 19.7 Å². The zero-order valence-corrected chi connectivity index (χ0v) is 25.4. The molecule has 1 aliphatic rings. The molecule has 0 aromatic heterocycles. The van der Waals surface area contributed by atoms with E-state index in [0.717, 1.165) is 28.3 Å². The predicted octanol–water partition coefficient (Wildman–Crippen LogP) is 7.77. The van der Waals surface area contributed by atoms with E-state index in [-0.39, 0.29) is 5.92 Å². The van der Waals surface area contributed by atoms with Crippen LogP contribution in [0.3, 0.4) is 0 Å². The van der Waals surface area contributed by atoms with Crippen LogP contribution in [0.25, 0.3) is 6.08 Å². The summed E-state index contributed by atoms with van der Waals surface area (Å²) in [7, 11) is 4.56. The summed E-state index contributed by atoms with van der Waals surface area (Å²) >= 11 is 0. The SMILES string of the molecule is C=CC.C=CC(=O)OC.C=CC=O.CC.CC1=Cc2cc(O)c(C)cc2C1c1cc(C)c(O)cc1C.COC. The normalized spacial score (nSPS) is 11.5. The average molecular weight is 541 g/mol. The van der Waals surface area contributed by atoms with Crippen LogP contribution in [0.1, 0.15) is 67.0 Å². The van der Waals surface area contributed by atoms with Gasteiger partial charge in [0.1, 0.15) is 17.8 Å². The molecule has 3 rings (SSSR count). The van der Waals surface area contributed by atoms with Gasteiger partial charge in [-0.1, -0.05) is 56.9 Å². The minimum absolute atomic E-state index is 0.207. The number of allylic oxidation sites excluding steroid dienone is 3. The van der Waals surface area contributed by atoms with E-state index in [2.05, 4.69) is 54.3 Å². The van der Waals surface area contributed by atoms with E-state index < -0.39 is 5.97 Å². The van der Waals surface area contributed by atoms with E-state index in [4.69, 9.17) is 4.79 Å². The van der Waals surface area contributed by atoms with E-state index in [1.807, 2.05) is 53.7 Å². The first-order valence-electron chi connectivity index (χ1n) is 12.5. The van der Waals surface area contributed by atoms with Crippen molar-refractivity contribution in [1.82, 2.24) is 0 Å². The van der Waals surface area contributed by atoms with Gasteiger partial charge in [-0.05, 0) is 86.2 Å². The maximum atomic E-state index is 9.90. The summed E-state index contributed by atoms with van der Waals surface area (Å²) in [5.74, 6) is 0.503. The molecule has 1 aliphatic carbocycles. The number of fused-ring (bicyclic) bond motifs is 1. The fourth-order valence-electron chi connectivity index (χ4n) is 3.31. The summed E-state index contributed by atoms with van der Waals surface area (Å²) in [6.45, 7) is 23.5. The molecular weight excluding hydrogens is 492 g/mol. The molecule has 39 heavy (non-hydrogen) atoms. The molecule has 6 heteroatoms. The zero-order valence-electron chi connectivity index (χ0n) is 25.4. The van der Waals surface area contributed by atoms with E-state index >= 15 is 0 Å². The molecule has 0 saturated carbocycles. The molecule has 216 valence electrons. The lowest BCUT2D eigenvalue weighted by atomic mass is 9.85. The third kappa shape index (κ3) is 14.6. The van der Waals surface area contributed by atoms with E-state index in [1.165, 1.54) is 29.9 Å². The van der Waals surface area contributed by atoms with Gasteiger partial charge in [-0.25, -0.2) is 4.79 Å². The fraction of sp³-hybridized carbons (Fsp3) is 0.333. The number of carbonyl (C=O) groups excluding carboxylic acids is 2. The number of phenolic OH excluding ortho intramolecular Hbond substituents is 2. The lowest BCUT2D eigenvalue weighted by Gasteiger charge is -2.19. The Labute approximate surface area is 236 Å². The summed E-state index contributed by atoms with van der Waals surface area (Å²) in [6, 6.07) is 7.83. The zero-order chi connectivity index (χ0) is 31.1. The van der Waals surface area contributed by atoms with Gasteiger partial charge in [-0.15, -0.1) is 6.58 Å². The van der Waals surface area contributed by atoms with Crippen LogP contribution in [-0.2, 0) is 19.1 Å². The molecular formula is C33H48O6. The van der Waals surface area contributed by atoms with Crippen LogP contribution in [0.4, 0.5) is 0 Å². The van der Waals surface area contributed by atoms with Crippen LogP contribution in [0.5, 0.6) is 11.5 Å². The minimum Gasteiger partial charge on any atom is -0.508 e. The first-order valence-corrected chi connectivity index (χ1v) is 12.5. The second-order valence-corrected chi connectivity index (χ2v) is 8.00. The van der Waals surface area contributed by atoms with Gasteiger partial charge in [0.05, 0.1) is 7.11 Å². The lowest BCUT2D eigenvalue weighted by molar-refractivity contribution is -0.134. The van der Waals surface area contributed by atoms with Gasteiger partial charge in [0.2, 0.25) is 0 Å². The molecule has 2 N–H and O–H groups in total. The summed E-state index contributed by atoms with van der Waals surface area (Å²) in [5, 5.41) is 19.8. The third-order valence-electron chi connectivity index (χ3n) is 4.91. The highest BCUT2D eigenvalue weighted by atomic mass is 16.5. The van der Waals surface area contributed by atoms with Gasteiger partial charge in [0, 0.05) is 26.2 Å². The Balaban J connectivity index is -0.000000595. The lowest BCUT2D eigenvalue weighted by Crippen LogP contribution is -2.03. The number of methoxy groups -OCH3 is 2. The van der Waals surface area contributed by atoms with Gasteiger partial charge in [-0.3, -0.25) is 4.79 Å². The Kier molecular flexibility index (Phi) is 23.6. The first-order chi connectivity index (χ1) is 18.4. The highest BCUT2D eigenvalue weighted by Gasteiger charge is 2.26. The molecule has 0 amide bonds. The minimum atomic E-state index is -0.394. The quantitative estimate of drug-likeness (QED) is 0.179. The molecule has 0 fully saturated rings. The molecule has 0 aliphatic heterocycles. The number of aldehydes is 1.